The number of halogens is 5. The molecule has 1 aliphatic heterocycles. The number of nitrogens with zero attached hydrogens (tertiary/aromatic N) is 1. The fourth-order valence-electron chi connectivity index (χ4n) is 1.94. The summed E-state index contributed by atoms with van der Waals surface area (Å²) in [5.41, 5.74) is -0.661. The maximum absolute atomic E-state index is 12.7. The minimum Gasteiger partial charge on any atom is -0.367 e. The van der Waals surface area contributed by atoms with Gasteiger partial charge in [0.2, 0.25) is 0 Å². The Morgan fingerprint density at radius 3 is 2.65 bits per heavy atom. The van der Waals surface area contributed by atoms with Gasteiger partial charge in [-0.2, -0.15) is 13.2 Å². The number of alkyl halides is 3. The van der Waals surface area contributed by atoms with E-state index in [9.17, 15) is 13.2 Å². The lowest BCUT2D eigenvalue weighted by atomic mass is 10.1. The van der Waals surface area contributed by atoms with Gasteiger partial charge in [0.15, 0.2) is 0 Å². The molecule has 0 saturated heterocycles. The lowest BCUT2D eigenvalue weighted by Crippen LogP contribution is -2.18. The van der Waals surface area contributed by atoms with Gasteiger partial charge in [0.1, 0.15) is 5.84 Å². The van der Waals surface area contributed by atoms with Crippen molar-refractivity contribution in [3.05, 3.63) is 33.7 Å². The van der Waals surface area contributed by atoms with Crippen molar-refractivity contribution in [1.29, 1.82) is 0 Å². The monoisotopic (exact) mass is 432 g/mol. The summed E-state index contributed by atoms with van der Waals surface area (Å²) in [6, 6.07) is 3.59. The Hall–Kier alpha value is -0.540. The van der Waals surface area contributed by atoms with Crippen LogP contribution in [-0.4, -0.2) is 18.9 Å². The van der Waals surface area contributed by atoms with Crippen LogP contribution in [0, 0.1) is 0 Å². The second kappa shape index (κ2) is 5.69. The average Bonchev–Trinajstić information content (AvgIpc) is 2.96. The lowest BCUT2D eigenvalue weighted by molar-refractivity contribution is -0.137. The number of hydrogen-bond donors (Lipinski definition) is 1. The van der Waals surface area contributed by atoms with Gasteiger partial charge in [0.05, 0.1) is 22.0 Å². The van der Waals surface area contributed by atoms with Crippen molar-refractivity contribution in [3.8, 4) is 0 Å². The molecule has 0 amide bonds. The van der Waals surface area contributed by atoms with E-state index in [1.807, 2.05) is 0 Å². The zero-order valence-electron chi connectivity index (χ0n) is 9.92. The van der Waals surface area contributed by atoms with Crippen LogP contribution in [0.4, 0.5) is 13.2 Å². The van der Waals surface area contributed by atoms with Crippen LogP contribution >= 0.6 is 46.9 Å². The maximum atomic E-state index is 12.7. The van der Waals surface area contributed by atoms with Gasteiger partial charge < -0.3 is 5.32 Å². The molecule has 0 fully saturated rings. The first-order valence-electron chi connectivity index (χ1n) is 5.55. The molecule has 0 spiro atoms. The highest BCUT2D eigenvalue weighted by Crippen LogP contribution is 2.39. The molecule has 0 atom stereocenters. The number of thiophene rings is 1. The highest BCUT2D eigenvalue weighted by Gasteiger charge is 2.31. The Balaban J connectivity index is 0.00000147. The minimum atomic E-state index is -4.34. The van der Waals surface area contributed by atoms with Crippen molar-refractivity contribution >= 4 is 62.8 Å². The Kier molecular flexibility index (Phi) is 4.50. The Morgan fingerprint density at radius 1 is 1.30 bits per heavy atom. The van der Waals surface area contributed by atoms with E-state index in [0.29, 0.717) is 32.4 Å². The molecule has 1 aromatic carbocycles. The Labute approximate surface area is 139 Å². The predicted molar refractivity (Wildman–Crippen MR) is 86.7 cm³/mol. The van der Waals surface area contributed by atoms with Crippen molar-refractivity contribution in [2.45, 2.75) is 6.18 Å². The van der Waals surface area contributed by atoms with Gasteiger partial charge in [0.25, 0.3) is 0 Å². The molecule has 2 nitrogen and oxygen atoms in total. The first-order valence-corrected chi connectivity index (χ1v) is 6.74. The highest BCUT2D eigenvalue weighted by atomic mass is 127. The Morgan fingerprint density at radius 2 is 2.05 bits per heavy atom. The fourth-order valence-corrected chi connectivity index (χ4v) is 3.49. The molecule has 20 heavy (non-hydrogen) atoms. The molecular weight excluding hydrogens is 424 g/mol. The molecule has 0 radical (unpaired) electrons. The second-order valence-corrected chi connectivity index (χ2v) is 5.54. The largest absolute Gasteiger partial charge is 0.416 e. The smallest absolute Gasteiger partial charge is 0.367 e. The highest BCUT2D eigenvalue weighted by molar-refractivity contribution is 14.0. The molecule has 2 heterocycles. The van der Waals surface area contributed by atoms with E-state index in [-0.39, 0.29) is 24.0 Å². The van der Waals surface area contributed by atoms with Crippen molar-refractivity contribution in [3.63, 3.8) is 0 Å². The molecule has 0 unspecified atom stereocenters. The number of amidine groups is 1. The molecule has 8 heteroatoms. The van der Waals surface area contributed by atoms with Crippen molar-refractivity contribution in [2.75, 3.05) is 13.1 Å². The van der Waals surface area contributed by atoms with Crippen LogP contribution in [0.15, 0.2) is 23.2 Å². The third-order valence-electron chi connectivity index (χ3n) is 2.85. The van der Waals surface area contributed by atoms with Crippen LogP contribution < -0.4 is 5.32 Å². The summed E-state index contributed by atoms with van der Waals surface area (Å²) in [7, 11) is 0. The Bertz CT molecular complexity index is 681. The number of aliphatic imine (C=N–C) groups is 1. The molecule has 108 valence electrons. The van der Waals surface area contributed by atoms with Crippen LogP contribution in [0.5, 0.6) is 0 Å². The van der Waals surface area contributed by atoms with Crippen LogP contribution in [0.1, 0.15) is 10.4 Å². The van der Waals surface area contributed by atoms with E-state index >= 15 is 0 Å². The first kappa shape index (κ1) is 15.8. The second-order valence-electron chi connectivity index (χ2n) is 4.11. The quantitative estimate of drug-likeness (QED) is 0.658. The molecule has 1 N–H and O–H groups in total. The van der Waals surface area contributed by atoms with Gasteiger partial charge in [-0.25, -0.2) is 0 Å². The van der Waals surface area contributed by atoms with E-state index in [1.54, 1.807) is 0 Å². The molecule has 0 aliphatic carbocycles. The van der Waals surface area contributed by atoms with Crippen LogP contribution in [0.3, 0.4) is 0 Å². The molecule has 1 aromatic heterocycles. The number of rotatable bonds is 1. The summed E-state index contributed by atoms with van der Waals surface area (Å²) < 4.78 is 38.5. The fraction of sp³-hybridized carbons (Fsp3) is 0.250. The summed E-state index contributed by atoms with van der Waals surface area (Å²) in [5, 5.41) is 4.16. The lowest BCUT2D eigenvalue weighted by Gasteiger charge is -2.05. The average molecular weight is 433 g/mol. The molecule has 2 aromatic rings. The van der Waals surface area contributed by atoms with E-state index < -0.39 is 11.7 Å². The van der Waals surface area contributed by atoms with E-state index in [2.05, 4.69) is 10.3 Å². The summed E-state index contributed by atoms with van der Waals surface area (Å²) in [4.78, 5) is 4.94. The SMILES string of the molecule is FC(F)(F)c1ccc2c(Cl)c(C3=NCCN3)sc2c1.I. The van der Waals surface area contributed by atoms with Gasteiger partial charge in [-0.05, 0) is 12.1 Å². The van der Waals surface area contributed by atoms with Gasteiger partial charge in [-0.3, -0.25) is 4.99 Å². The van der Waals surface area contributed by atoms with Crippen molar-refractivity contribution in [1.82, 2.24) is 5.32 Å². The molecule has 3 rings (SSSR count). The normalized spacial score (nSPS) is 14.9. The molecule has 0 saturated carbocycles. The minimum absolute atomic E-state index is 0. The predicted octanol–water partition coefficient (Wildman–Crippen LogP) is 4.54. The first-order chi connectivity index (χ1) is 8.97. The topological polar surface area (TPSA) is 24.4 Å². The number of benzene rings is 1. The van der Waals surface area contributed by atoms with Gasteiger partial charge in [0, 0.05) is 16.6 Å². The van der Waals surface area contributed by atoms with Crippen LogP contribution in [0.25, 0.3) is 10.1 Å². The van der Waals surface area contributed by atoms with Gasteiger partial charge in [-0.15, -0.1) is 35.3 Å². The summed E-state index contributed by atoms with van der Waals surface area (Å²) in [6.07, 6.45) is -4.34. The van der Waals surface area contributed by atoms with Crippen LogP contribution in [-0.2, 0) is 6.18 Å². The van der Waals surface area contributed by atoms with E-state index in [1.165, 1.54) is 17.4 Å². The number of fused-ring (bicyclic) bond motifs is 1. The summed E-state index contributed by atoms with van der Waals surface area (Å²) in [5.74, 6) is 0.666. The van der Waals surface area contributed by atoms with Gasteiger partial charge in [-0.1, -0.05) is 17.7 Å². The van der Waals surface area contributed by atoms with Crippen molar-refractivity contribution in [2.24, 2.45) is 4.99 Å². The van der Waals surface area contributed by atoms with E-state index in [0.717, 1.165) is 18.7 Å². The maximum Gasteiger partial charge on any atom is 0.416 e. The molecule has 0 bridgehead atoms. The number of hydrogen-bond acceptors (Lipinski definition) is 3. The number of nitrogens with one attached hydrogen (secondary N) is 1. The standard InChI is InChI=1S/C12H8ClF3N2S.HI/c13-9-7-2-1-6(12(14,15)16)5-8(7)19-10(9)11-17-3-4-18-11;/h1-2,5H,3-4H2,(H,17,18);1H. The van der Waals surface area contributed by atoms with Gasteiger partial charge >= 0.3 is 6.18 Å². The third kappa shape index (κ3) is 2.75. The third-order valence-corrected chi connectivity index (χ3v) is 4.51. The summed E-state index contributed by atoms with van der Waals surface area (Å²) >= 11 is 7.44. The zero-order valence-corrected chi connectivity index (χ0v) is 13.8. The zero-order chi connectivity index (χ0) is 13.6. The molecule has 1 aliphatic rings. The van der Waals surface area contributed by atoms with E-state index in [4.69, 9.17) is 11.6 Å². The van der Waals surface area contributed by atoms with Crippen LogP contribution in [0.2, 0.25) is 5.02 Å². The molecular formula is C12H9ClF3IN2S. The summed E-state index contributed by atoms with van der Waals surface area (Å²) in [6.45, 7) is 1.39. The van der Waals surface area contributed by atoms with Crippen molar-refractivity contribution < 1.29 is 13.2 Å².